The SMILES string of the molecule is COc1cccc2c1C(=O)c1c(O)c3c(c(O)c1C2=O)C[C@@](O)(C(C)=O)C[C@@H]3O[C@H]1C[C@H](NC(=O)C(C)N(Cc2ccccc2)Cc2ccccc2)[C@H](O)[C@H](C)O1. The molecule has 1 unspecified atom stereocenters. The van der Waals surface area contributed by atoms with Gasteiger partial charge < -0.3 is 40.0 Å². The van der Waals surface area contributed by atoms with Crippen molar-refractivity contribution in [2.75, 3.05) is 7.11 Å². The molecule has 1 heterocycles. The number of benzene rings is 4. The first-order valence-corrected chi connectivity index (χ1v) is 18.9. The van der Waals surface area contributed by atoms with Crippen molar-refractivity contribution in [2.45, 2.75) is 95.4 Å². The zero-order valence-corrected chi connectivity index (χ0v) is 32.1. The van der Waals surface area contributed by atoms with Gasteiger partial charge >= 0.3 is 0 Å². The number of phenolic OH excluding ortho intramolecular Hbond substituents is 2. The minimum Gasteiger partial charge on any atom is -0.507 e. The van der Waals surface area contributed by atoms with E-state index in [-0.39, 0.29) is 40.3 Å². The minimum atomic E-state index is -2.09. The van der Waals surface area contributed by atoms with Crippen molar-refractivity contribution >= 4 is 23.3 Å². The summed E-state index contributed by atoms with van der Waals surface area (Å²) in [5.74, 6) is -3.74. The summed E-state index contributed by atoms with van der Waals surface area (Å²) in [6.07, 6.45) is -5.48. The average molecular weight is 779 g/mol. The van der Waals surface area contributed by atoms with Gasteiger partial charge in [0.15, 0.2) is 17.9 Å². The molecule has 4 aromatic rings. The molecule has 0 spiro atoms. The number of amides is 1. The Morgan fingerprint density at radius 2 is 1.53 bits per heavy atom. The van der Waals surface area contributed by atoms with Gasteiger partial charge in [-0.25, -0.2) is 0 Å². The highest BCUT2D eigenvalue weighted by molar-refractivity contribution is 6.31. The first kappa shape index (κ1) is 39.8. The van der Waals surface area contributed by atoms with Crippen molar-refractivity contribution < 1.29 is 53.8 Å². The Balaban J connectivity index is 1.18. The maximum Gasteiger partial charge on any atom is 0.237 e. The second-order valence-corrected chi connectivity index (χ2v) is 15.1. The molecule has 57 heavy (non-hydrogen) atoms. The van der Waals surface area contributed by atoms with Crippen LogP contribution in [0.5, 0.6) is 17.2 Å². The Hall–Kier alpha value is -5.44. The Morgan fingerprint density at radius 1 is 0.912 bits per heavy atom. The van der Waals surface area contributed by atoms with E-state index >= 15 is 0 Å². The fraction of sp³-hybridized carbons (Fsp3) is 0.364. The number of carbonyl (C=O) groups excluding carboxylic acids is 4. The van der Waals surface area contributed by atoms with E-state index in [1.807, 2.05) is 65.6 Å². The van der Waals surface area contributed by atoms with Crippen LogP contribution >= 0.6 is 0 Å². The molecule has 0 saturated carbocycles. The van der Waals surface area contributed by atoms with E-state index in [2.05, 4.69) is 5.32 Å². The third kappa shape index (κ3) is 7.44. The molecule has 2 aliphatic carbocycles. The second kappa shape index (κ2) is 15.8. The molecule has 1 amide bonds. The smallest absolute Gasteiger partial charge is 0.237 e. The Bertz CT molecular complexity index is 2170. The molecule has 0 aromatic heterocycles. The van der Waals surface area contributed by atoms with Crippen molar-refractivity contribution in [3.05, 3.63) is 123 Å². The molecule has 4 aromatic carbocycles. The summed E-state index contributed by atoms with van der Waals surface area (Å²) in [5.41, 5.74) is -1.33. The summed E-state index contributed by atoms with van der Waals surface area (Å²) in [5, 5.41) is 49.4. The summed E-state index contributed by atoms with van der Waals surface area (Å²) in [7, 11) is 1.34. The molecule has 298 valence electrons. The zero-order chi connectivity index (χ0) is 40.8. The van der Waals surface area contributed by atoms with Crippen LogP contribution in [0.3, 0.4) is 0 Å². The molecule has 0 bridgehead atoms. The number of nitrogens with one attached hydrogen (secondary N) is 1. The molecule has 1 saturated heterocycles. The monoisotopic (exact) mass is 778 g/mol. The predicted molar refractivity (Wildman–Crippen MR) is 206 cm³/mol. The van der Waals surface area contributed by atoms with Crippen LogP contribution in [0.15, 0.2) is 78.9 Å². The number of fused-ring (bicyclic) bond motifs is 3. The van der Waals surface area contributed by atoms with Crippen LogP contribution in [0, 0.1) is 0 Å². The summed E-state index contributed by atoms with van der Waals surface area (Å²) in [6, 6.07) is 22.5. The van der Waals surface area contributed by atoms with E-state index < -0.39 is 95.1 Å². The lowest BCUT2D eigenvalue weighted by molar-refractivity contribution is -0.249. The topological polar surface area (TPSA) is 192 Å². The van der Waals surface area contributed by atoms with Gasteiger partial charge in [0.2, 0.25) is 11.7 Å². The number of ketones is 3. The van der Waals surface area contributed by atoms with E-state index in [1.54, 1.807) is 13.8 Å². The zero-order valence-electron chi connectivity index (χ0n) is 32.1. The molecule has 1 fully saturated rings. The number of rotatable bonds is 11. The van der Waals surface area contributed by atoms with E-state index in [1.165, 1.54) is 32.2 Å². The van der Waals surface area contributed by atoms with Crippen LogP contribution in [0.2, 0.25) is 0 Å². The highest BCUT2D eigenvalue weighted by atomic mass is 16.7. The number of Topliss-reactive ketones (excluding diaryl/α,β-unsaturated/α-hetero) is 1. The van der Waals surface area contributed by atoms with Gasteiger partial charge in [0.1, 0.15) is 29.0 Å². The summed E-state index contributed by atoms with van der Waals surface area (Å²) in [4.78, 5) is 56.7. The molecule has 13 heteroatoms. The van der Waals surface area contributed by atoms with Crippen LogP contribution < -0.4 is 10.1 Å². The fourth-order valence-electron chi connectivity index (χ4n) is 8.20. The van der Waals surface area contributed by atoms with Crippen LogP contribution in [0.25, 0.3) is 0 Å². The number of hydrogen-bond acceptors (Lipinski definition) is 12. The van der Waals surface area contributed by atoms with Crippen LogP contribution in [-0.4, -0.2) is 91.9 Å². The Kier molecular flexibility index (Phi) is 11.1. The number of aliphatic hydroxyl groups excluding tert-OH is 1. The van der Waals surface area contributed by atoms with Crippen LogP contribution in [0.1, 0.15) is 93.8 Å². The number of phenols is 2. The molecular formula is C44H46N2O11. The molecule has 0 radical (unpaired) electrons. The number of aliphatic hydroxyl groups is 2. The number of hydrogen-bond donors (Lipinski definition) is 5. The quantitative estimate of drug-likeness (QED) is 0.120. The number of ether oxygens (including phenoxy) is 3. The van der Waals surface area contributed by atoms with Crippen molar-refractivity contribution in [1.29, 1.82) is 0 Å². The van der Waals surface area contributed by atoms with Gasteiger partial charge in [0.05, 0.1) is 48.1 Å². The number of nitrogens with zero attached hydrogens (tertiary/aromatic N) is 1. The summed E-state index contributed by atoms with van der Waals surface area (Å²) < 4.78 is 17.8. The summed E-state index contributed by atoms with van der Waals surface area (Å²) in [6.45, 7) is 5.54. The first-order chi connectivity index (χ1) is 27.2. The Labute approximate surface area is 329 Å². The highest BCUT2D eigenvalue weighted by Crippen LogP contribution is 2.52. The minimum absolute atomic E-state index is 0.0410. The van der Waals surface area contributed by atoms with Crippen molar-refractivity contribution in [3.8, 4) is 17.2 Å². The van der Waals surface area contributed by atoms with Crippen molar-refractivity contribution in [1.82, 2.24) is 10.2 Å². The lowest BCUT2D eigenvalue weighted by atomic mass is 9.72. The molecule has 1 aliphatic heterocycles. The van der Waals surface area contributed by atoms with Gasteiger partial charge in [0.25, 0.3) is 0 Å². The average Bonchev–Trinajstić information content (AvgIpc) is 3.19. The van der Waals surface area contributed by atoms with E-state index in [9.17, 15) is 39.6 Å². The van der Waals surface area contributed by atoms with E-state index in [4.69, 9.17) is 14.2 Å². The predicted octanol–water partition coefficient (Wildman–Crippen LogP) is 4.28. The second-order valence-electron chi connectivity index (χ2n) is 15.1. The molecule has 7 atom stereocenters. The van der Waals surface area contributed by atoms with Gasteiger partial charge in [-0.15, -0.1) is 0 Å². The lowest BCUT2D eigenvalue weighted by Crippen LogP contribution is -2.58. The molecule has 7 rings (SSSR count). The van der Waals surface area contributed by atoms with Crippen molar-refractivity contribution in [3.63, 3.8) is 0 Å². The number of methoxy groups -OCH3 is 1. The van der Waals surface area contributed by atoms with Crippen LogP contribution in [-0.2, 0) is 38.6 Å². The molecule has 5 N–H and O–H groups in total. The summed E-state index contributed by atoms with van der Waals surface area (Å²) >= 11 is 0. The molecule has 3 aliphatic rings. The van der Waals surface area contributed by atoms with Gasteiger partial charge in [-0.1, -0.05) is 72.8 Å². The fourth-order valence-corrected chi connectivity index (χ4v) is 8.20. The lowest BCUT2D eigenvalue weighted by Gasteiger charge is -2.43. The van der Waals surface area contributed by atoms with E-state index in [0.717, 1.165) is 11.1 Å². The van der Waals surface area contributed by atoms with Gasteiger partial charge in [0, 0.05) is 49.0 Å². The molecular weight excluding hydrogens is 732 g/mol. The van der Waals surface area contributed by atoms with Gasteiger partial charge in [-0.2, -0.15) is 0 Å². The van der Waals surface area contributed by atoms with Gasteiger partial charge in [-0.05, 0) is 38.0 Å². The normalized spacial score (nSPS) is 24.6. The highest BCUT2D eigenvalue weighted by Gasteiger charge is 2.50. The van der Waals surface area contributed by atoms with E-state index in [0.29, 0.717) is 13.1 Å². The third-order valence-corrected chi connectivity index (χ3v) is 11.5. The molecule has 13 nitrogen and oxygen atoms in total. The maximum absolute atomic E-state index is 14.0. The number of aromatic hydroxyl groups is 2. The van der Waals surface area contributed by atoms with Crippen molar-refractivity contribution in [2.24, 2.45) is 0 Å². The third-order valence-electron chi connectivity index (χ3n) is 11.5. The van der Waals surface area contributed by atoms with Gasteiger partial charge in [-0.3, -0.25) is 24.1 Å². The Morgan fingerprint density at radius 3 is 2.12 bits per heavy atom. The maximum atomic E-state index is 14.0. The number of carbonyl (C=O) groups is 4. The largest absolute Gasteiger partial charge is 0.507 e. The first-order valence-electron chi connectivity index (χ1n) is 18.9. The standard InChI is InChI=1S/C44H46N2O11/c1-23(46(21-26-12-7-5-8-13-26)22-27-14-9-6-10-15-27)43(53)45-30-18-33(56-24(2)38(30)48)57-32-20-44(54,25(3)47)19-29-35(32)42(52)37-36(40(29)50)39(49)28-16-11-17-31(55-4)34(28)41(37)51/h5-17,23-24,30,32-33,38,48,50,52,54H,18-22H2,1-4H3,(H,45,53)/t23?,24-,30-,32-,33-,38+,44-/m0/s1. The van der Waals surface area contributed by atoms with Crippen LogP contribution in [0.4, 0.5) is 0 Å².